The molecule has 1 aromatic heterocycles. The smallest absolute Gasteiger partial charge is 0.273 e. The van der Waals surface area contributed by atoms with Crippen molar-refractivity contribution in [3.63, 3.8) is 0 Å². The first-order chi connectivity index (χ1) is 17.7. The Kier molecular flexibility index (Phi) is 6.02. The van der Waals surface area contributed by atoms with Crippen molar-refractivity contribution in [2.24, 2.45) is 0 Å². The van der Waals surface area contributed by atoms with Crippen LogP contribution < -0.4 is 4.90 Å². The van der Waals surface area contributed by atoms with E-state index in [2.05, 4.69) is 15.4 Å². The van der Waals surface area contributed by atoms with E-state index in [1.807, 2.05) is 0 Å². The predicted molar refractivity (Wildman–Crippen MR) is 129 cm³/mol. The van der Waals surface area contributed by atoms with Crippen LogP contribution in [0.15, 0.2) is 54.6 Å². The Bertz CT molecular complexity index is 1550. The second-order valence-electron chi connectivity index (χ2n) is 8.77. The summed E-state index contributed by atoms with van der Waals surface area (Å²) >= 11 is 0. The lowest BCUT2D eigenvalue weighted by atomic mass is 10.0. The second kappa shape index (κ2) is 9.19. The number of rotatable bonds is 5. The summed E-state index contributed by atoms with van der Waals surface area (Å²) in [5.41, 5.74) is 3.09. The van der Waals surface area contributed by atoms with Crippen LogP contribution in [0, 0.1) is 11.6 Å². The number of benzene rings is 3. The monoisotopic (exact) mass is 505 g/mol. The molecule has 3 N–H and O–H groups in total. The largest absolute Gasteiger partial charge is 0.364 e. The van der Waals surface area contributed by atoms with Gasteiger partial charge >= 0.3 is 0 Å². The third-order valence-electron chi connectivity index (χ3n) is 6.21. The first-order valence-electron chi connectivity index (χ1n) is 11.2. The van der Waals surface area contributed by atoms with E-state index in [1.54, 1.807) is 32.3 Å². The van der Waals surface area contributed by atoms with Gasteiger partial charge in [0.05, 0.1) is 12.2 Å². The molecule has 2 heterocycles. The van der Waals surface area contributed by atoms with E-state index in [4.69, 9.17) is 0 Å². The molecule has 0 radical (unpaired) electrons. The number of hydrogen-bond donors (Lipinski definition) is 3. The Morgan fingerprint density at radius 1 is 1.00 bits per heavy atom. The van der Waals surface area contributed by atoms with Crippen molar-refractivity contribution in [2.45, 2.75) is 12.8 Å². The van der Waals surface area contributed by atoms with Crippen molar-refractivity contribution in [3.05, 3.63) is 88.6 Å². The average Bonchev–Trinajstić information content (AvgIpc) is 3.49. The summed E-state index contributed by atoms with van der Waals surface area (Å²) in [5.74, 6) is -2.76. The zero-order valence-corrected chi connectivity index (χ0v) is 19.7. The second-order valence-corrected chi connectivity index (χ2v) is 8.77. The number of fused-ring (bicyclic) bond motifs is 1. The molecule has 37 heavy (non-hydrogen) atoms. The standard InChI is InChI=1S/C26H21F2N5O4/c1-32(2)25(35)23-22(29-31-30-23)15-3-4-16-12-33(24(34)18(16)9-15)21-11-14(5-7-17(21)26(36)37)13-6-8-19(27)20(28)10-13/h3-11,26,36-37H,12H2,1-2H3,(H,29,30,31). The van der Waals surface area contributed by atoms with Crippen LogP contribution in [0.3, 0.4) is 0 Å². The highest BCUT2D eigenvalue weighted by Gasteiger charge is 2.32. The molecule has 188 valence electrons. The molecule has 0 atom stereocenters. The average molecular weight is 505 g/mol. The highest BCUT2D eigenvalue weighted by Crippen LogP contribution is 2.37. The van der Waals surface area contributed by atoms with Crippen LogP contribution in [0.1, 0.15) is 38.3 Å². The molecule has 0 spiro atoms. The number of nitrogens with zero attached hydrogens (tertiary/aromatic N) is 4. The summed E-state index contributed by atoms with van der Waals surface area (Å²) in [4.78, 5) is 28.7. The number of aromatic nitrogens is 3. The van der Waals surface area contributed by atoms with Crippen LogP contribution in [0.5, 0.6) is 0 Å². The van der Waals surface area contributed by atoms with Crippen molar-refractivity contribution in [3.8, 4) is 22.4 Å². The van der Waals surface area contributed by atoms with E-state index in [9.17, 15) is 28.6 Å². The molecule has 3 aromatic carbocycles. The molecule has 0 bridgehead atoms. The van der Waals surface area contributed by atoms with E-state index < -0.39 is 23.8 Å². The van der Waals surface area contributed by atoms with Crippen LogP contribution in [-0.4, -0.2) is 56.4 Å². The summed E-state index contributed by atoms with van der Waals surface area (Å²) < 4.78 is 27.3. The maximum atomic E-state index is 13.8. The minimum Gasteiger partial charge on any atom is -0.364 e. The Labute approximate surface area is 209 Å². The maximum Gasteiger partial charge on any atom is 0.273 e. The molecule has 5 rings (SSSR count). The Morgan fingerprint density at radius 3 is 2.41 bits per heavy atom. The van der Waals surface area contributed by atoms with Gasteiger partial charge in [-0.3, -0.25) is 14.7 Å². The minimum absolute atomic E-state index is 0.0723. The van der Waals surface area contributed by atoms with E-state index in [-0.39, 0.29) is 29.4 Å². The number of aliphatic hydroxyl groups is 2. The molecule has 2 amide bonds. The van der Waals surface area contributed by atoms with E-state index in [0.717, 1.165) is 12.1 Å². The van der Waals surface area contributed by atoms with Gasteiger partial charge in [0.2, 0.25) is 0 Å². The molecule has 0 fully saturated rings. The van der Waals surface area contributed by atoms with Crippen molar-refractivity contribution in [2.75, 3.05) is 19.0 Å². The highest BCUT2D eigenvalue weighted by molar-refractivity contribution is 6.11. The highest BCUT2D eigenvalue weighted by atomic mass is 19.2. The molecule has 1 aliphatic heterocycles. The van der Waals surface area contributed by atoms with Crippen molar-refractivity contribution in [1.29, 1.82) is 0 Å². The SMILES string of the molecule is CN(C)C(=O)c1[nH]nnc1-c1ccc2c(c1)C(=O)N(c1cc(-c3ccc(F)c(F)c3)ccc1C(O)O)C2. The zero-order valence-electron chi connectivity index (χ0n) is 19.7. The third kappa shape index (κ3) is 4.24. The molecule has 11 heteroatoms. The molecular weight excluding hydrogens is 484 g/mol. The van der Waals surface area contributed by atoms with Gasteiger partial charge in [0, 0.05) is 30.8 Å². The molecule has 1 aliphatic rings. The van der Waals surface area contributed by atoms with E-state index in [0.29, 0.717) is 33.5 Å². The van der Waals surface area contributed by atoms with Gasteiger partial charge in [-0.25, -0.2) is 8.78 Å². The molecule has 9 nitrogen and oxygen atoms in total. The summed E-state index contributed by atoms with van der Waals surface area (Å²) in [7, 11) is 3.19. The lowest BCUT2D eigenvalue weighted by Gasteiger charge is -2.22. The fraction of sp³-hybridized carbons (Fsp3) is 0.154. The summed E-state index contributed by atoms with van der Waals surface area (Å²) in [6.07, 6.45) is -1.88. The number of carbonyl (C=O) groups is 2. The first kappa shape index (κ1) is 24.2. The van der Waals surface area contributed by atoms with Gasteiger partial charge < -0.3 is 20.0 Å². The number of hydrogen-bond acceptors (Lipinski definition) is 6. The number of anilines is 1. The van der Waals surface area contributed by atoms with Gasteiger partial charge in [-0.2, -0.15) is 0 Å². The topological polar surface area (TPSA) is 123 Å². The number of aromatic amines is 1. The van der Waals surface area contributed by atoms with Gasteiger partial charge in [-0.05, 0) is 41.0 Å². The predicted octanol–water partition coefficient (Wildman–Crippen LogP) is 3.26. The van der Waals surface area contributed by atoms with Crippen LogP contribution in [-0.2, 0) is 6.54 Å². The quantitative estimate of drug-likeness (QED) is 0.358. The van der Waals surface area contributed by atoms with Crippen LogP contribution in [0.2, 0.25) is 0 Å². The Morgan fingerprint density at radius 2 is 1.70 bits per heavy atom. The van der Waals surface area contributed by atoms with Gasteiger partial charge in [-0.1, -0.05) is 35.5 Å². The Balaban J connectivity index is 1.54. The minimum atomic E-state index is -1.88. The van der Waals surface area contributed by atoms with Gasteiger partial charge in [0.25, 0.3) is 11.8 Å². The molecule has 0 unspecified atom stereocenters. The summed E-state index contributed by atoms with van der Waals surface area (Å²) in [6.45, 7) is 0.137. The lowest BCUT2D eigenvalue weighted by molar-refractivity contribution is -0.0420. The molecule has 0 saturated heterocycles. The van der Waals surface area contributed by atoms with Crippen molar-refractivity contribution >= 4 is 17.5 Å². The number of amides is 2. The normalized spacial score (nSPS) is 12.8. The number of carbonyl (C=O) groups excluding carboxylic acids is 2. The molecule has 0 saturated carbocycles. The number of nitrogens with one attached hydrogen (secondary N) is 1. The zero-order chi connectivity index (χ0) is 26.4. The van der Waals surface area contributed by atoms with Crippen molar-refractivity contribution < 1.29 is 28.6 Å². The summed E-state index contributed by atoms with van der Waals surface area (Å²) in [5, 5.41) is 30.3. The van der Waals surface area contributed by atoms with Crippen LogP contribution in [0.4, 0.5) is 14.5 Å². The molecular formula is C26H21F2N5O4. The summed E-state index contributed by atoms with van der Waals surface area (Å²) in [6, 6.07) is 13.0. The van der Waals surface area contributed by atoms with Gasteiger partial charge in [-0.15, -0.1) is 5.10 Å². The van der Waals surface area contributed by atoms with E-state index in [1.165, 1.54) is 34.1 Å². The molecule has 0 aliphatic carbocycles. The van der Waals surface area contributed by atoms with Crippen LogP contribution >= 0.6 is 0 Å². The third-order valence-corrected chi connectivity index (χ3v) is 6.21. The number of H-pyrrole nitrogens is 1. The first-order valence-corrected chi connectivity index (χ1v) is 11.2. The fourth-order valence-corrected chi connectivity index (χ4v) is 4.30. The van der Waals surface area contributed by atoms with E-state index >= 15 is 0 Å². The van der Waals surface area contributed by atoms with Gasteiger partial charge in [0.15, 0.2) is 23.6 Å². The number of halogens is 2. The lowest BCUT2D eigenvalue weighted by Crippen LogP contribution is -2.25. The Hall–Kier alpha value is -4.48. The fourth-order valence-electron chi connectivity index (χ4n) is 4.30. The van der Waals surface area contributed by atoms with Crippen molar-refractivity contribution in [1.82, 2.24) is 20.3 Å². The van der Waals surface area contributed by atoms with Crippen LogP contribution in [0.25, 0.3) is 22.4 Å². The molecule has 4 aromatic rings. The van der Waals surface area contributed by atoms with Gasteiger partial charge in [0.1, 0.15) is 5.69 Å². The number of aliphatic hydroxyl groups excluding tert-OH is 1. The maximum absolute atomic E-state index is 13.8.